The van der Waals surface area contributed by atoms with E-state index in [1.54, 1.807) is 0 Å². The SMILES string of the molecule is CN1CCN(CC2CC(n3cc(I)c4c(Cl)ncnc43)C2)CC1=O. The number of carbonyl (C=O) groups excluding carboxylic acids is 1. The number of hydrogen-bond donors (Lipinski definition) is 0. The molecule has 0 atom stereocenters. The first-order valence-electron chi connectivity index (χ1n) is 8.15. The minimum absolute atomic E-state index is 0.231. The van der Waals surface area contributed by atoms with E-state index in [4.69, 9.17) is 11.6 Å². The van der Waals surface area contributed by atoms with Gasteiger partial charge >= 0.3 is 0 Å². The second-order valence-electron chi connectivity index (χ2n) is 6.79. The van der Waals surface area contributed by atoms with Gasteiger partial charge in [0, 0.05) is 42.5 Å². The molecule has 128 valence electrons. The van der Waals surface area contributed by atoms with Crippen molar-refractivity contribution in [3.05, 3.63) is 21.2 Å². The van der Waals surface area contributed by atoms with Crippen LogP contribution in [0.3, 0.4) is 0 Å². The summed E-state index contributed by atoms with van der Waals surface area (Å²) in [7, 11) is 1.88. The van der Waals surface area contributed by atoms with Crippen LogP contribution in [0.15, 0.2) is 12.5 Å². The van der Waals surface area contributed by atoms with Crippen LogP contribution in [0.2, 0.25) is 5.15 Å². The highest BCUT2D eigenvalue weighted by Crippen LogP contribution is 2.41. The zero-order valence-electron chi connectivity index (χ0n) is 13.5. The van der Waals surface area contributed by atoms with Crippen molar-refractivity contribution in [3.63, 3.8) is 0 Å². The largest absolute Gasteiger partial charge is 0.343 e. The van der Waals surface area contributed by atoms with Gasteiger partial charge in [-0.05, 0) is 41.4 Å². The van der Waals surface area contributed by atoms with Crippen molar-refractivity contribution in [3.8, 4) is 0 Å². The molecule has 2 fully saturated rings. The van der Waals surface area contributed by atoms with Crippen molar-refractivity contribution >= 4 is 51.1 Å². The molecule has 2 aromatic heterocycles. The fourth-order valence-electron chi connectivity index (χ4n) is 3.69. The molecular weight excluding hydrogens is 441 g/mol. The van der Waals surface area contributed by atoms with E-state index in [0.717, 1.165) is 47.1 Å². The van der Waals surface area contributed by atoms with Crippen molar-refractivity contribution < 1.29 is 4.79 Å². The molecule has 8 heteroatoms. The van der Waals surface area contributed by atoms with Crippen molar-refractivity contribution in [1.82, 2.24) is 24.3 Å². The molecule has 0 unspecified atom stereocenters. The van der Waals surface area contributed by atoms with Crippen LogP contribution in [-0.2, 0) is 4.79 Å². The van der Waals surface area contributed by atoms with Gasteiger partial charge < -0.3 is 9.47 Å². The quantitative estimate of drug-likeness (QED) is 0.523. The van der Waals surface area contributed by atoms with Gasteiger partial charge in [-0.2, -0.15) is 0 Å². The Morgan fingerprint density at radius 3 is 2.88 bits per heavy atom. The number of rotatable bonds is 3. The van der Waals surface area contributed by atoms with Crippen LogP contribution in [0.4, 0.5) is 0 Å². The summed E-state index contributed by atoms with van der Waals surface area (Å²) in [5, 5.41) is 1.47. The van der Waals surface area contributed by atoms with Gasteiger partial charge in [0.15, 0.2) is 0 Å². The van der Waals surface area contributed by atoms with Crippen LogP contribution in [0.1, 0.15) is 18.9 Å². The van der Waals surface area contributed by atoms with Crippen molar-refractivity contribution in [2.75, 3.05) is 33.2 Å². The second kappa shape index (κ2) is 6.42. The number of halogens is 2. The van der Waals surface area contributed by atoms with E-state index in [0.29, 0.717) is 23.7 Å². The number of nitrogens with zero attached hydrogens (tertiary/aromatic N) is 5. The first-order chi connectivity index (χ1) is 11.5. The average Bonchev–Trinajstić information content (AvgIpc) is 2.84. The number of fused-ring (bicyclic) bond motifs is 1. The maximum atomic E-state index is 11.8. The minimum Gasteiger partial charge on any atom is -0.343 e. The maximum absolute atomic E-state index is 11.8. The van der Waals surface area contributed by atoms with Gasteiger partial charge in [0.2, 0.25) is 5.91 Å². The molecule has 2 aromatic rings. The molecule has 0 aromatic carbocycles. The lowest BCUT2D eigenvalue weighted by Crippen LogP contribution is -2.50. The van der Waals surface area contributed by atoms with Gasteiger partial charge in [0.25, 0.3) is 0 Å². The molecule has 0 bridgehead atoms. The van der Waals surface area contributed by atoms with Crippen molar-refractivity contribution in [2.45, 2.75) is 18.9 Å². The standard InChI is InChI=1S/C16H19ClIN5O/c1-21-2-3-22(8-13(21)24)6-10-4-11(5-10)23-7-12(18)14-15(17)19-9-20-16(14)23/h7,9-11H,2-6,8H2,1H3. The molecule has 1 aliphatic heterocycles. The van der Waals surface area contributed by atoms with Crippen LogP contribution < -0.4 is 0 Å². The number of aromatic nitrogens is 3. The second-order valence-corrected chi connectivity index (χ2v) is 8.31. The van der Waals surface area contributed by atoms with E-state index in [1.165, 1.54) is 6.33 Å². The molecule has 1 amide bonds. The van der Waals surface area contributed by atoms with Gasteiger partial charge in [-0.25, -0.2) is 9.97 Å². The van der Waals surface area contributed by atoms with Crippen molar-refractivity contribution in [1.29, 1.82) is 0 Å². The first kappa shape index (κ1) is 16.5. The summed E-state index contributed by atoms with van der Waals surface area (Å²) in [5.74, 6) is 0.882. The molecule has 24 heavy (non-hydrogen) atoms. The molecule has 2 aliphatic rings. The summed E-state index contributed by atoms with van der Waals surface area (Å²) in [4.78, 5) is 24.4. The lowest BCUT2D eigenvalue weighted by molar-refractivity contribution is -0.134. The highest BCUT2D eigenvalue weighted by molar-refractivity contribution is 14.1. The monoisotopic (exact) mass is 459 g/mol. The van der Waals surface area contributed by atoms with E-state index in [9.17, 15) is 4.79 Å². The van der Waals surface area contributed by atoms with Crippen LogP contribution >= 0.6 is 34.2 Å². The zero-order chi connectivity index (χ0) is 16.8. The van der Waals surface area contributed by atoms with Crippen molar-refractivity contribution in [2.24, 2.45) is 5.92 Å². The Hall–Kier alpha value is -0.930. The summed E-state index contributed by atoms with van der Waals surface area (Å²) >= 11 is 8.51. The predicted octanol–water partition coefficient (Wildman–Crippen LogP) is 2.41. The maximum Gasteiger partial charge on any atom is 0.236 e. The number of likely N-dealkylation sites (N-methyl/N-ethyl adjacent to an activating group) is 1. The Bertz CT molecular complexity index is 788. The lowest BCUT2D eigenvalue weighted by atomic mass is 9.79. The molecule has 6 nitrogen and oxygen atoms in total. The number of amides is 1. The number of carbonyl (C=O) groups is 1. The molecule has 1 saturated heterocycles. The van der Waals surface area contributed by atoms with Gasteiger partial charge in [0.05, 0.1) is 11.9 Å². The van der Waals surface area contributed by atoms with Gasteiger partial charge in [0.1, 0.15) is 17.1 Å². The predicted molar refractivity (Wildman–Crippen MR) is 101 cm³/mol. The Morgan fingerprint density at radius 1 is 1.33 bits per heavy atom. The third kappa shape index (κ3) is 2.90. The highest BCUT2D eigenvalue weighted by atomic mass is 127. The van der Waals surface area contributed by atoms with E-state index in [-0.39, 0.29) is 5.91 Å². The van der Waals surface area contributed by atoms with E-state index in [2.05, 4.69) is 48.2 Å². The molecule has 0 spiro atoms. The van der Waals surface area contributed by atoms with E-state index < -0.39 is 0 Å². The molecule has 0 N–H and O–H groups in total. The zero-order valence-corrected chi connectivity index (χ0v) is 16.4. The Morgan fingerprint density at radius 2 is 2.12 bits per heavy atom. The topological polar surface area (TPSA) is 54.3 Å². The fraction of sp³-hybridized carbons (Fsp3) is 0.562. The minimum atomic E-state index is 0.231. The Kier molecular flexibility index (Phi) is 4.42. The third-order valence-electron chi connectivity index (χ3n) is 5.17. The third-order valence-corrected chi connectivity index (χ3v) is 6.28. The fourth-order valence-corrected chi connectivity index (χ4v) is 4.87. The van der Waals surface area contributed by atoms with E-state index >= 15 is 0 Å². The van der Waals surface area contributed by atoms with Crippen LogP contribution in [0, 0.1) is 9.49 Å². The number of hydrogen-bond acceptors (Lipinski definition) is 4. The van der Waals surface area contributed by atoms with Crippen LogP contribution in [0.5, 0.6) is 0 Å². The Balaban J connectivity index is 1.41. The van der Waals surface area contributed by atoms with Gasteiger partial charge in [-0.1, -0.05) is 11.6 Å². The molecule has 0 radical (unpaired) electrons. The average molecular weight is 460 g/mol. The number of piperazine rings is 1. The molecule has 4 rings (SSSR count). The molecule has 3 heterocycles. The summed E-state index contributed by atoms with van der Waals surface area (Å²) in [6.45, 7) is 3.40. The van der Waals surface area contributed by atoms with Crippen LogP contribution in [-0.4, -0.2) is 63.5 Å². The summed E-state index contributed by atoms with van der Waals surface area (Å²) < 4.78 is 3.34. The summed E-state index contributed by atoms with van der Waals surface area (Å²) in [5.41, 5.74) is 0.928. The lowest BCUT2D eigenvalue weighted by Gasteiger charge is -2.41. The molecule has 1 saturated carbocycles. The van der Waals surface area contributed by atoms with Crippen LogP contribution in [0.25, 0.3) is 11.0 Å². The molecular formula is C16H19ClIN5O. The van der Waals surface area contributed by atoms with E-state index in [1.807, 2.05) is 11.9 Å². The van der Waals surface area contributed by atoms with Gasteiger partial charge in [-0.3, -0.25) is 9.69 Å². The molecule has 1 aliphatic carbocycles. The normalized spacial score (nSPS) is 25.3. The summed E-state index contributed by atoms with van der Waals surface area (Å²) in [6.07, 6.45) is 5.92. The highest BCUT2D eigenvalue weighted by Gasteiger charge is 2.34. The van der Waals surface area contributed by atoms with Gasteiger partial charge in [-0.15, -0.1) is 0 Å². The Labute approximate surface area is 159 Å². The summed E-state index contributed by atoms with van der Waals surface area (Å²) in [6, 6.07) is 0.468. The first-order valence-corrected chi connectivity index (χ1v) is 9.61. The smallest absolute Gasteiger partial charge is 0.236 e.